The average molecular weight is 734 g/mol. The minimum atomic E-state index is -1.37. The molecule has 0 bridgehead atoms. The number of nitrogens with one attached hydrogen (secondary N) is 4. The summed E-state index contributed by atoms with van der Waals surface area (Å²) in [5.41, 5.74) is 0.696. The molecule has 6 atom stereocenters. The molecule has 2 aliphatic rings. The number of ketones is 1. The molecule has 53 heavy (non-hydrogen) atoms. The standard InChI is InChI=1S/C38H51N7O8/c1-4-12-27(32(46)36(50)43-28(38(52)53)21-24-13-8-6-9-14-24)42-35(49)31-25(5-2)17-20-45(31)37(51)30(26-15-10-7-11-16-26)44-33(47)23(3)41-34(48)29-22-39-18-19-40-29/h6,8-9,13-14,18-19,22-23,25-28,30-31H,4-5,7,10-12,15-17,20-21H2,1-3H3,(H,41,48)(H,42,49)(H,43,50)(H,44,47)(H,52,53)/t23-,25-,27?,28-,30-,31-/m0/s1. The molecule has 2 aromatic rings. The van der Waals surface area contributed by atoms with Crippen molar-refractivity contribution in [3.05, 3.63) is 60.2 Å². The zero-order valence-electron chi connectivity index (χ0n) is 30.6. The number of amides is 5. The van der Waals surface area contributed by atoms with Crippen LogP contribution in [0.15, 0.2) is 48.9 Å². The summed E-state index contributed by atoms with van der Waals surface area (Å²) in [5.74, 6) is -6.03. The number of Topliss-reactive ketones (excluding diaryl/α,β-unsaturated/α-hetero) is 1. The van der Waals surface area contributed by atoms with Gasteiger partial charge in [-0.15, -0.1) is 0 Å². The molecule has 2 heterocycles. The van der Waals surface area contributed by atoms with E-state index in [4.69, 9.17) is 0 Å². The molecule has 15 nitrogen and oxygen atoms in total. The van der Waals surface area contributed by atoms with Crippen molar-refractivity contribution in [1.29, 1.82) is 0 Å². The highest BCUT2D eigenvalue weighted by molar-refractivity contribution is 6.38. The Hall–Kier alpha value is -5.21. The maximum absolute atomic E-state index is 14.5. The highest BCUT2D eigenvalue weighted by Gasteiger charge is 2.46. The molecule has 1 unspecified atom stereocenters. The smallest absolute Gasteiger partial charge is 0.326 e. The lowest BCUT2D eigenvalue weighted by Gasteiger charge is -2.36. The lowest BCUT2D eigenvalue weighted by atomic mass is 9.83. The SMILES string of the molecule is CCCC(NC(=O)[C@@H]1[C@@H](CC)CCN1C(=O)[C@@H](NC(=O)[C@H](C)NC(=O)c1cnccn1)C1CCCCC1)C(=O)C(=O)N[C@@H](Cc1ccccc1)C(=O)O. The van der Waals surface area contributed by atoms with Gasteiger partial charge in [0.2, 0.25) is 23.5 Å². The predicted molar refractivity (Wildman–Crippen MR) is 193 cm³/mol. The van der Waals surface area contributed by atoms with Crippen LogP contribution in [0.25, 0.3) is 0 Å². The predicted octanol–water partition coefficient (Wildman–Crippen LogP) is 1.95. The van der Waals surface area contributed by atoms with Crippen LogP contribution >= 0.6 is 0 Å². The summed E-state index contributed by atoms with van der Waals surface area (Å²) in [6, 6.07) is 3.14. The van der Waals surface area contributed by atoms with Crippen LogP contribution in [-0.2, 0) is 35.2 Å². The molecule has 2 fully saturated rings. The van der Waals surface area contributed by atoms with Crippen LogP contribution in [0.3, 0.4) is 0 Å². The second-order valence-corrected chi connectivity index (χ2v) is 13.9. The highest BCUT2D eigenvalue weighted by Crippen LogP contribution is 2.32. The van der Waals surface area contributed by atoms with E-state index in [2.05, 4.69) is 31.2 Å². The van der Waals surface area contributed by atoms with Crippen LogP contribution in [0.5, 0.6) is 0 Å². The topological polar surface area (TPSA) is 217 Å². The third kappa shape index (κ3) is 10.9. The molecular weight excluding hydrogens is 682 g/mol. The average Bonchev–Trinajstić information content (AvgIpc) is 3.61. The Bertz CT molecular complexity index is 1600. The van der Waals surface area contributed by atoms with Crippen LogP contribution in [0.1, 0.15) is 94.6 Å². The van der Waals surface area contributed by atoms with Gasteiger partial charge < -0.3 is 31.3 Å². The van der Waals surface area contributed by atoms with Crippen LogP contribution in [0.2, 0.25) is 0 Å². The molecule has 1 aliphatic carbocycles. The number of carbonyl (C=O) groups excluding carboxylic acids is 6. The summed E-state index contributed by atoms with van der Waals surface area (Å²) in [7, 11) is 0. The van der Waals surface area contributed by atoms with Gasteiger partial charge in [-0.25, -0.2) is 9.78 Å². The van der Waals surface area contributed by atoms with Gasteiger partial charge in [0.15, 0.2) is 0 Å². The quantitative estimate of drug-likeness (QED) is 0.149. The highest BCUT2D eigenvalue weighted by atomic mass is 16.4. The summed E-state index contributed by atoms with van der Waals surface area (Å²) < 4.78 is 0. The summed E-state index contributed by atoms with van der Waals surface area (Å²) in [6.07, 6.45) is 9.80. The van der Waals surface area contributed by atoms with Gasteiger partial charge >= 0.3 is 5.97 Å². The fourth-order valence-electron chi connectivity index (χ4n) is 7.20. The van der Waals surface area contributed by atoms with Gasteiger partial charge in [0.05, 0.1) is 12.2 Å². The molecule has 0 radical (unpaired) electrons. The summed E-state index contributed by atoms with van der Waals surface area (Å²) in [5, 5.41) is 20.3. The largest absolute Gasteiger partial charge is 0.480 e. The number of nitrogens with zero attached hydrogens (tertiary/aromatic N) is 3. The second-order valence-electron chi connectivity index (χ2n) is 13.9. The van der Waals surface area contributed by atoms with Gasteiger partial charge in [0.25, 0.3) is 11.8 Å². The van der Waals surface area contributed by atoms with E-state index < -0.39 is 71.5 Å². The Labute approximate surface area is 309 Å². The monoisotopic (exact) mass is 733 g/mol. The summed E-state index contributed by atoms with van der Waals surface area (Å²) >= 11 is 0. The first-order chi connectivity index (χ1) is 25.4. The molecule has 15 heteroatoms. The molecule has 1 aromatic heterocycles. The van der Waals surface area contributed by atoms with Crippen LogP contribution in [0, 0.1) is 11.8 Å². The fourth-order valence-corrected chi connectivity index (χ4v) is 7.20. The van der Waals surface area contributed by atoms with Gasteiger partial charge in [-0.2, -0.15) is 0 Å². The van der Waals surface area contributed by atoms with Crippen LogP contribution in [-0.4, -0.2) is 98.0 Å². The number of rotatable bonds is 17. The number of aromatic nitrogens is 2. The van der Waals surface area contributed by atoms with E-state index in [0.717, 1.165) is 19.3 Å². The molecule has 5 N–H and O–H groups in total. The number of benzene rings is 1. The van der Waals surface area contributed by atoms with E-state index in [0.29, 0.717) is 37.7 Å². The summed E-state index contributed by atoms with van der Waals surface area (Å²) in [4.78, 5) is 103. The van der Waals surface area contributed by atoms with Gasteiger partial charge in [-0.05, 0) is 50.0 Å². The number of hydrogen-bond donors (Lipinski definition) is 5. The molecule has 286 valence electrons. The number of carboxylic acid groups (broad SMARTS) is 1. The molecule has 1 aromatic carbocycles. The number of carbonyl (C=O) groups is 7. The molecule has 1 aliphatic heterocycles. The first-order valence-electron chi connectivity index (χ1n) is 18.5. The van der Waals surface area contributed by atoms with Gasteiger partial charge in [0.1, 0.15) is 29.9 Å². The van der Waals surface area contributed by atoms with Crippen LogP contribution < -0.4 is 21.3 Å². The Morgan fingerprint density at radius 2 is 1.60 bits per heavy atom. The van der Waals surface area contributed by atoms with E-state index in [1.165, 1.54) is 30.4 Å². The molecule has 0 spiro atoms. The zero-order valence-corrected chi connectivity index (χ0v) is 30.6. The first kappa shape index (κ1) is 40.6. The molecule has 1 saturated heterocycles. The third-order valence-electron chi connectivity index (χ3n) is 10.1. The normalized spacial score (nSPS) is 19.6. The third-order valence-corrected chi connectivity index (χ3v) is 10.1. The van der Waals surface area contributed by atoms with E-state index in [9.17, 15) is 38.7 Å². The number of aliphatic carboxylic acids is 1. The summed E-state index contributed by atoms with van der Waals surface area (Å²) in [6.45, 7) is 5.45. The fraction of sp³-hybridized carbons (Fsp3) is 0.553. The lowest BCUT2D eigenvalue weighted by Crippen LogP contribution is -2.60. The van der Waals surface area contributed by atoms with Gasteiger partial charge in [0, 0.05) is 25.4 Å². The Morgan fingerprint density at radius 3 is 2.23 bits per heavy atom. The van der Waals surface area contributed by atoms with E-state index in [1.54, 1.807) is 37.3 Å². The van der Waals surface area contributed by atoms with E-state index >= 15 is 0 Å². The number of carboxylic acids is 1. The molecule has 5 amide bonds. The minimum Gasteiger partial charge on any atom is -0.480 e. The maximum atomic E-state index is 14.5. The van der Waals surface area contributed by atoms with Gasteiger partial charge in [-0.1, -0.05) is 76.3 Å². The van der Waals surface area contributed by atoms with E-state index in [1.807, 2.05) is 6.92 Å². The maximum Gasteiger partial charge on any atom is 0.326 e. The van der Waals surface area contributed by atoms with Crippen molar-refractivity contribution in [1.82, 2.24) is 36.1 Å². The zero-order chi connectivity index (χ0) is 38.5. The molecule has 1 saturated carbocycles. The lowest BCUT2D eigenvalue weighted by molar-refractivity contribution is -0.146. The van der Waals surface area contributed by atoms with Crippen molar-refractivity contribution in [3.8, 4) is 0 Å². The van der Waals surface area contributed by atoms with Crippen LogP contribution in [0.4, 0.5) is 0 Å². The van der Waals surface area contributed by atoms with Crippen molar-refractivity contribution in [2.75, 3.05) is 6.54 Å². The number of hydrogen-bond acceptors (Lipinski definition) is 9. The first-order valence-corrected chi connectivity index (χ1v) is 18.5. The Kier molecular flexibility index (Phi) is 15.0. The van der Waals surface area contributed by atoms with Crippen molar-refractivity contribution in [2.24, 2.45) is 11.8 Å². The molecule has 4 rings (SSSR count). The Balaban J connectivity index is 1.49. The molecular formula is C38H51N7O8. The van der Waals surface area contributed by atoms with Crippen molar-refractivity contribution in [2.45, 2.75) is 115 Å². The van der Waals surface area contributed by atoms with Crippen molar-refractivity contribution < 1.29 is 38.7 Å². The second kappa shape index (κ2) is 19.6. The number of likely N-dealkylation sites (tertiary alicyclic amines) is 1. The van der Waals surface area contributed by atoms with E-state index in [-0.39, 0.29) is 36.9 Å². The Morgan fingerprint density at radius 1 is 0.887 bits per heavy atom. The minimum absolute atomic E-state index is 0.0369. The van der Waals surface area contributed by atoms with Gasteiger partial charge in [-0.3, -0.25) is 33.8 Å². The van der Waals surface area contributed by atoms with Crippen molar-refractivity contribution >= 4 is 41.3 Å². The van der Waals surface area contributed by atoms with Crippen molar-refractivity contribution in [3.63, 3.8) is 0 Å².